The molecule has 0 N–H and O–H groups in total. The maximum absolute atomic E-state index is 9.60. The Balaban J connectivity index is 1.73. The van der Waals surface area contributed by atoms with Gasteiger partial charge in [-0.15, -0.1) is 5.11 Å². The normalized spacial score (nSPS) is 30.8. The van der Waals surface area contributed by atoms with Crippen molar-refractivity contribution >= 4 is 5.84 Å². The summed E-state index contributed by atoms with van der Waals surface area (Å²) in [7, 11) is 3.42. The summed E-state index contributed by atoms with van der Waals surface area (Å²) in [5.41, 5.74) is 1.49. The van der Waals surface area contributed by atoms with Gasteiger partial charge in [0.1, 0.15) is 5.69 Å². The quantitative estimate of drug-likeness (QED) is 0.392. The average Bonchev–Trinajstić information content (AvgIpc) is 2.78. The van der Waals surface area contributed by atoms with Crippen LogP contribution in [0.15, 0.2) is 51.9 Å². The molecular formula is C23H31N5O. The van der Waals surface area contributed by atoms with E-state index in [9.17, 15) is 5.26 Å². The number of aromatic nitrogens is 1. The first kappa shape index (κ1) is 21.3. The van der Waals surface area contributed by atoms with Crippen LogP contribution in [-0.4, -0.2) is 31.1 Å². The number of nitrogens with zero attached hydrogens (tertiary/aromatic N) is 5. The molecule has 0 saturated heterocycles. The summed E-state index contributed by atoms with van der Waals surface area (Å²) in [6.07, 6.45) is 9.40. The SMILES string of the molecule is C=C(N=C(N=NC)c1ccccn1)C1CCC(C2CCCCC2C#N)C(OC)C1. The number of aliphatic imine (C=N–C) groups is 1. The predicted octanol–water partition coefficient (Wildman–Crippen LogP) is 5.19. The fourth-order valence-corrected chi connectivity index (χ4v) is 5.00. The summed E-state index contributed by atoms with van der Waals surface area (Å²) < 4.78 is 5.91. The van der Waals surface area contributed by atoms with Crippen molar-refractivity contribution in [1.82, 2.24) is 4.98 Å². The molecule has 2 aliphatic rings. The van der Waals surface area contributed by atoms with Crippen molar-refractivity contribution in [2.45, 2.75) is 51.0 Å². The van der Waals surface area contributed by atoms with Gasteiger partial charge >= 0.3 is 0 Å². The van der Waals surface area contributed by atoms with Crippen LogP contribution in [0, 0.1) is 35.0 Å². The molecule has 1 aromatic heterocycles. The molecule has 5 atom stereocenters. The van der Waals surface area contributed by atoms with Gasteiger partial charge in [-0.1, -0.05) is 25.5 Å². The van der Waals surface area contributed by atoms with Gasteiger partial charge in [-0.3, -0.25) is 4.98 Å². The van der Waals surface area contributed by atoms with E-state index in [0.29, 0.717) is 23.4 Å². The van der Waals surface area contributed by atoms with Crippen LogP contribution >= 0.6 is 0 Å². The predicted molar refractivity (Wildman–Crippen MR) is 113 cm³/mol. The van der Waals surface area contributed by atoms with Gasteiger partial charge in [0.05, 0.1) is 12.2 Å². The van der Waals surface area contributed by atoms with Crippen molar-refractivity contribution in [3.63, 3.8) is 0 Å². The Hall–Kier alpha value is -2.39. The third-order valence-electron chi connectivity index (χ3n) is 6.49. The second-order valence-corrected chi connectivity index (χ2v) is 8.07. The van der Waals surface area contributed by atoms with Crippen LogP contribution < -0.4 is 0 Å². The summed E-state index contributed by atoms with van der Waals surface area (Å²) in [6.45, 7) is 4.24. The second-order valence-electron chi connectivity index (χ2n) is 8.07. The van der Waals surface area contributed by atoms with Gasteiger partial charge in [-0.2, -0.15) is 10.4 Å². The number of pyridine rings is 1. The number of nitriles is 1. The lowest BCUT2D eigenvalue weighted by atomic mass is 9.65. The summed E-state index contributed by atoms with van der Waals surface area (Å²) in [5.74, 6) is 1.81. The maximum atomic E-state index is 9.60. The molecule has 0 aromatic carbocycles. The summed E-state index contributed by atoms with van der Waals surface area (Å²) >= 11 is 0. The van der Waals surface area contributed by atoms with Gasteiger partial charge in [0, 0.05) is 37.9 Å². The number of hydrogen-bond donors (Lipinski definition) is 0. The van der Waals surface area contributed by atoms with E-state index < -0.39 is 0 Å². The number of hydrogen-bond acceptors (Lipinski definition) is 5. The molecule has 1 heterocycles. The molecule has 29 heavy (non-hydrogen) atoms. The Morgan fingerprint density at radius 3 is 2.72 bits per heavy atom. The van der Waals surface area contributed by atoms with Crippen LogP contribution in [0.1, 0.15) is 50.6 Å². The van der Waals surface area contributed by atoms with Crippen molar-refractivity contribution in [3.05, 3.63) is 42.4 Å². The highest BCUT2D eigenvalue weighted by atomic mass is 16.5. The van der Waals surface area contributed by atoms with E-state index in [0.717, 1.165) is 37.8 Å². The molecule has 0 spiro atoms. The van der Waals surface area contributed by atoms with Gasteiger partial charge in [0.25, 0.3) is 0 Å². The van der Waals surface area contributed by atoms with Crippen molar-refractivity contribution in [2.24, 2.45) is 38.9 Å². The Labute approximate surface area is 173 Å². The first-order valence-corrected chi connectivity index (χ1v) is 10.6. The number of rotatable bonds is 5. The van der Waals surface area contributed by atoms with E-state index in [1.807, 2.05) is 18.2 Å². The Bertz CT molecular complexity index is 782. The monoisotopic (exact) mass is 393 g/mol. The van der Waals surface area contributed by atoms with E-state index >= 15 is 0 Å². The zero-order chi connectivity index (χ0) is 20.6. The van der Waals surface area contributed by atoms with Crippen LogP contribution in [0.4, 0.5) is 0 Å². The van der Waals surface area contributed by atoms with Crippen LogP contribution in [0.2, 0.25) is 0 Å². The number of azo groups is 1. The molecular weight excluding hydrogens is 362 g/mol. The molecule has 2 fully saturated rings. The molecule has 0 amide bonds. The first-order valence-electron chi connectivity index (χ1n) is 10.6. The average molecular weight is 394 g/mol. The molecule has 3 rings (SSSR count). The Morgan fingerprint density at radius 1 is 1.21 bits per heavy atom. The lowest BCUT2D eigenvalue weighted by molar-refractivity contribution is -0.0283. The molecule has 6 heteroatoms. The topological polar surface area (TPSA) is 83.0 Å². The van der Waals surface area contributed by atoms with Crippen molar-refractivity contribution in [3.8, 4) is 6.07 Å². The number of methoxy groups -OCH3 is 1. The molecule has 1 aromatic rings. The van der Waals surface area contributed by atoms with Gasteiger partial charge in [0.2, 0.25) is 0 Å². The minimum absolute atomic E-state index is 0.144. The van der Waals surface area contributed by atoms with Gasteiger partial charge in [-0.25, -0.2) is 4.99 Å². The summed E-state index contributed by atoms with van der Waals surface area (Å²) in [5, 5.41) is 17.7. The van der Waals surface area contributed by atoms with Gasteiger partial charge in [-0.05, 0) is 56.1 Å². The molecule has 2 saturated carbocycles. The number of ether oxygens (including phenoxy) is 1. The largest absolute Gasteiger partial charge is 0.381 e. The van der Waals surface area contributed by atoms with E-state index in [-0.39, 0.29) is 17.9 Å². The Kier molecular flexibility index (Phi) is 7.65. The van der Waals surface area contributed by atoms with Crippen molar-refractivity contribution in [1.29, 1.82) is 5.26 Å². The third-order valence-corrected chi connectivity index (χ3v) is 6.49. The Morgan fingerprint density at radius 2 is 2.03 bits per heavy atom. The minimum Gasteiger partial charge on any atom is -0.381 e. The molecule has 0 radical (unpaired) electrons. The number of allylic oxidation sites excluding steroid dienone is 1. The van der Waals surface area contributed by atoms with Gasteiger partial charge < -0.3 is 4.74 Å². The van der Waals surface area contributed by atoms with E-state index in [1.165, 1.54) is 12.8 Å². The standard InChI is InChI=1S/C23H31N5O/c1-16(27-23(28-25-2)21-10-6-7-13-26-21)17-11-12-20(22(14-17)29-3)19-9-5-4-8-18(19)15-24/h6-7,10,13,17-20,22H,1,4-5,8-9,11-12,14H2,2-3H3. The highest BCUT2D eigenvalue weighted by Gasteiger charge is 2.40. The third kappa shape index (κ3) is 5.16. The highest BCUT2D eigenvalue weighted by molar-refractivity contribution is 5.97. The van der Waals surface area contributed by atoms with E-state index in [4.69, 9.17) is 4.74 Å². The van der Waals surface area contributed by atoms with Crippen LogP contribution in [-0.2, 0) is 4.74 Å². The molecule has 5 unspecified atom stereocenters. The molecule has 6 nitrogen and oxygen atoms in total. The minimum atomic E-state index is 0.144. The van der Waals surface area contributed by atoms with Gasteiger partial charge in [0.15, 0.2) is 5.84 Å². The zero-order valence-electron chi connectivity index (χ0n) is 17.5. The second kappa shape index (κ2) is 10.4. The lowest BCUT2D eigenvalue weighted by Crippen LogP contribution is -2.39. The van der Waals surface area contributed by atoms with Crippen LogP contribution in [0.5, 0.6) is 0 Å². The van der Waals surface area contributed by atoms with Crippen LogP contribution in [0.25, 0.3) is 0 Å². The zero-order valence-corrected chi connectivity index (χ0v) is 17.5. The first-order chi connectivity index (χ1) is 14.2. The summed E-state index contributed by atoms with van der Waals surface area (Å²) in [4.78, 5) is 9.03. The van der Waals surface area contributed by atoms with Crippen molar-refractivity contribution in [2.75, 3.05) is 14.2 Å². The van der Waals surface area contributed by atoms with E-state index in [2.05, 4.69) is 32.9 Å². The highest BCUT2D eigenvalue weighted by Crippen LogP contribution is 2.45. The van der Waals surface area contributed by atoms with E-state index in [1.54, 1.807) is 20.4 Å². The smallest absolute Gasteiger partial charge is 0.200 e. The lowest BCUT2D eigenvalue weighted by Gasteiger charge is -2.42. The molecule has 154 valence electrons. The van der Waals surface area contributed by atoms with Crippen LogP contribution in [0.3, 0.4) is 0 Å². The fourth-order valence-electron chi connectivity index (χ4n) is 5.00. The molecule has 2 aliphatic carbocycles. The fraction of sp³-hybridized carbons (Fsp3) is 0.609. The maximum Gasteiger partial charge on any atom is 0.200 e. The molecule has 0 bridgehead atoms. The van der Waals surface area contributed by atoms with Crippen molar-refractivity contribution < 1.29 is 4.74 Å². The number of amidine groups is 1. The summed E-state index contributed by atoms with van der Waals surface area (Å²) in [6, 6.07) is 8.21. The molecule has 0 aliphatic heterocycles.